The van der Waals surface area contributed by atoms with Crippen molar-refractivity contribution in [1.29, 1.82) is 0 Å². The van der Waals surface area contributed by atoms with E-state index in [0.29, 0.717) is 23.0 Å². The lowest BCUT2D eigenvalue weighted by molar-refractivity contribution is -0.132. The minimum atomic E-state index is -1.87. The van der Waals surface area contributed by atoms with Gasteiger partial charge in [0.2, 0.25) is 0 Å². The number of carbonyl (C=O) groups excluding carboxylic acids is 1. The number of benzene rings is 2. The molecule has 0 bridgehead atoms. The van der Waals surface area contributed by atoms with Crippen molar-refractivity contribution in [2.24, 2.45) is 5.16 Å². The van der Waals surface area contributed by atoms with Crippen LogP contribution in [0.15, 0.2) is 53.7 Å². The predicted molar refractivity (Wildman–Crippen MR) is 109 cm³/mol. The number of halogens is 4. The zero-order valence-electron chi connectivity index (χ0n) is 16.0. The molecule has 0 aliphatic heterocycles. The van der Waals surface area contributed by atoms with Gasteiger partial charge in [-0.25, -0.2) is 4.79 Å². The zero-order chi connectivity index (χ0) is 22.1. The van der Waals surface area contributed by atoms with Gasteiger partial charge in [0, 0.05) is 23.8 Å². The van der Waals surface area contributed by atoms with Gasteiger partial charge < -0.3 is 19.0 Å². The lowest BCUT2D eigenvalue weighted by Gasteiger charge is -2.14. The fourth-order valence-corrected chi connectivity index (χ4v) is 2.94. The Morgan fingerprint density at radius 2 is 1.77 bits per heavy atom. The maximum absolute atomic E-state index is 12.1. The number of carbonyl (C=O) groups is 1. The van der Waals surface area contributed by atoms with Crippen LogP contribution in [0.3, 0.4) is 0 Å². The Bertz CT molecular complexity index is 939. The summed E-state index contributed by atoms with van der Waals surface area (Å²) < 4.78 is 39.9. The first-order chi connectivity index (χ1) is 14.4. The first-order valence-electron chi connectivity index (χ1n) is 8.40. The van der Waals surface area contributed by atoms with Crippen molar-refractivity contribution in [3.05, 3.63) is 69.7 Å². The van der Waals surface area contributed by atoms with Crippen molar-refractivity contribution in [3.8, 4) is 11.5 Å². The topological polar surface area (TPSA) is 66.4 Å². The predicted octanol–water partition coefficient (Wildman–Crippen LogP) is 5.26. The summed E-state index contributed by atoms with van der Waals surface area (Å²) in [5.74, 6) is -0.304. The SMILES string of the molecule is CO/N=C(/C(=O)OC)c1ccccc1COc1cc(Cl)c(OCC=C(F)F)c(Cl)c1. The van der Waals surface area contributed by atoms with Gasteiger partial charge in [-0.2, -0.15) is 8.78 Å². The molecule has 0 atom stereocenters. The second-order valence-corrected chi connectivity index (χ2v) is 6.40. The number of rotatable bonds is 9. The Balaban J connectivity index is 2.21. The second kappa shape index (κ2) is 11.4. The molecule has 0 N–H and O–H groups in total. The highest BCUT2D eigenvalue weighted by atomic mass is 35.5. The van der Waals surface area contributed by atoms with Crippen molar-refractivity contribution in [2.45, 2.75) is 6.61 Å². The molecule has 2 aromatic carbocycles. The van der Waals surface area contributed by atoms with Crippen molar-refractivity contribution < 1.29 is 32.6 Å². The Morgan fingerprint density at radius 1 is 1.10 bits per heavy atom. The highest BCUT2D eigenvalue weighted by Gasteiger charge is 2.19. The number of oxime groups is 1. The Morgan fingerprint density at radius 3 is 2.37 bits per heavy atom. The van der Waals surface area contributed by atoms with Gasteiger partial charge in [0.05, 0.1) is 17.2 Å². The van der Waals surface area contributed by atoms with Crippen LogP contribution in [0.25, 0.3) is 0 Å². The number of hydrogen-bond acceptors (Lipinski definition) is 6. The molecule has 0 amide bonds. The smallest absolute Gasteiger partial charge is 0.360 e. The molecule has 10 heteroatoms. The van der Waals surface area contributed by atoms with Gasteiger partial charge in [-0.05, 0) is 5.56 Å². The molecule has 160 valence electrons. The molecule has 0 aliphatic carbocycles. The molecular weight excluding hydrogens is 443 g/mol. The number of hydrogen-bond donors (Lipinski definition) is 0. The van der Waals surface area contributed by atoms with E-state index in [1.807, 2.05) is 0 Å². The third-order valence-corrected chi connectivity index (χ3v) is 4.23. The van der Waals surface area contributed by atoms with Gasteiger partial charge >= 0.3 is 5.97 Å². The zero-order valence-corrected chi connectivity index (χ0v) is 17.5. The second-order valence-electron chi connectivity index (χ2n) is 5.58. The van der Waals surface area contributed by atoms with Crippen molar-refractivity contribution in [3.63, 3.8) is 0 Å². The molecule has 0 unspecified atom stereocenters. The van der Waals surface area contributed by atoms with Crippen LogP contribution >= 0.6 is 23.2 Å². The maximum atomic E-state index is 12.1. The monoisotopic (exact) mass is 459 g/mol. The van der Waals surface area contributed by atoms with Crippen LogP contribution in [0.4, 0.5) is 8.78 Å². The number of methoxy groups -OCH3 is 1. The fraction of sp³-hybridized carbons (Fsp3) is 0.200. The standard InChI is InChI=1S/C20H17Cl2F2NO5/c1-27-20(26)18(25-28-2)14-6-4-3-5-12(14)11-30-13-9-15(21)19(16(22)10-13)29-8-7-17(23)24/h3-7,9-10H,8,11H2,1-2H3/b25-18+. The molecule has 0 radical (unpaired) electrons. The van der Waals surface area contributed by atoms with E-state index in [2.05, 4.69) is 5.16 Å². The summed E-state index contributed by atoms with van der Waals surface area (Å²) in [6.45, 7) is -0.344. The molecule has 0 saturated carbocycles. The van der Waals surface area contributed by atoms with Crippen molar-refractivity contribution in [2.75, 3.05) is 20.8 Å². The molecule has 0 aliphatic rings. The van der Waals surface area contributed by atoms with Gasteiger partial charge in [-0.3, -0.25) is 0 Å². The average molecular weight is 460 g/mol. The minimum Gasteiger partial charge on any atom is -0.489 e. The lowest BCUT2D eigenvalue weighted by atomic mass is 10.0. The van der Waals surface area contributed by atoms with Crippen molar-refractivity contribution in [1.82, 2.24) is 0 Å². The summed E-state index contributed by atoms with van der Waals surface area (Å²) in [7, 11) is 2.55. The van der Waals surface area contributed by atoms with E-state index in [0.717, 1.165) is 0 Å². The summed E-state index contributed by atoms with van der Waals surface area (Å²) in [6.07, 6.45) is -1.28. The van der Waals surface area contributed by atoms with E-state index < -0.39 is 12.0 Å². The molecule has 0 saturated heterocycles. The van der Waals surface area contributed by atoms with Gasteiger partial charge in [0.15, 0.2) is 11.5 Å². The van der Waals surface area contributed by atoms with Gasteiger partial charge in [-0.15, -0.1) is 0 Å². The molecule has 0 aromatic heterocycles. The molecule has 30 heavy (non-hydrogen) atoms. The normalized spacial score (nSPS) is 10.9. The van der Waals surface area contributed by atoms with Crippen LogP contribution < -0.4 is 9.47 Å². The van der Waals surface area contributed by atoms with Crippen LogP contribution in [0.1, 0.15) is 11.1 Å². The number of nitrogens with zero attached hydrogens (tertiary/aromatic N) is 1. The van der Waals surface area contributed by atoms with Crippen LogP contribution in [-0.2, 0) is 21.0 Å². The van der Waals surface area contributed by atoms with Crippen LogP contribution in [0, 0.1) is 0 Å². The molecular formula is C20H17Cl2F2NO5. The fourth-order valence-electron chi connectivity index (χ4n) is 2.37. The summed E-state index contributed by atoms with van der Waals surface area (Å²) >= 11 is 12.2. The Hall–Kier alpha value is -2.84. The summed E-state index contributed by atoms with van der Waals surface area (Å²) in [5.41, 5.74) is 1.06. The number of esters is 1. The Kier molecular flexibility index (Phi) is 8.89. The quantitative estimate of drug-likeness (QED) is 0.290. The largest absolute Gasteiger partial charge is 0.489 e. The summed E-state index contributed by atoms with van der Waals surface area (Å²) in [6, 6.07) is 9.76. The van der Waals surface area contributed by atoms with Gasteiger partial charge in [0.25, 0.3) is 6.08 Å². The van der Waals surface area contributed by atoms with Gasteiger partial charge in [-0.1, -0.05) is 52.6 Å². The first-order valence-corrected chi connectivity index (χ1v) is 9.16. The van der Waals surface area contributed by atoms with Crippen molar-refractivity contribution >= 4 is 34.9 Å². The average Bonchev–Trinajstić information content (AvgIpc) is 2.72. The molecule has 0 spiro atoms. The lowest BCUT2D eigenvalue weighted by Crippen LogP contribution is -2.19. The molecule has 2 aromatic rings. The molecule has 0 heterocycles. The van der Waals surface area contributed by atoms with Gasteiger partial charge in [0.1, 0.15) is 26.1 Å². The van der Waals surface area contributed by atoms with E-state index in [1.165, 1.54) is 26.4 Å². The summed E-state index contributed by atoms with van der Waals surface area (Å²) in [5, 5.41) is 3.92. The third-order valence-electron chi connectivity index (χ3n) is 3.67. The van der Waals surface area contributed by atoms with E-state index in [9.17, 15) is 13.6 Å². The first kappa shape index (κ1) is 23.4. The van der Waals surface area contributed by atoms with E-state index in [1.54, 1.807) is 24.3 Å². The van der Waals surface area contributed by atoms with E-state index in [-0.39, 0.29) is 34.7 Å². The maximum Gasteiger partial charge on any atom is 0.360 e. The van der Waals surface area contributed by atoms with Crippen LogP contribution in [-0.4, -0.2) is 32.5 Å². The third kappa shape index (κ3) is 6.33. The Labute approximate surface area is 181 Å². The highest BCUT2D eigenvalue weighted by molar-refractivity contribution is 6.43. The number of ether oxygens (including phenoxy) is 3. The molecule has 6 nitrogen and oxygen atoms in total. The van der Waals surface area contributed by atoms with E-state index >= 15 is 0 Å². The van der Waals surface area contributed by atoms with Crippen LogP contribution in [0.5, 0.6) is 11.5 Å². The molecule has 0 fully saturated rings. The molecule has 2 rings (SSSR count). The highest BCUT2D eigenvalue weighted by Crippen LogP contribution is 2.37. The van der Waals surface area contributed by atoms with Crippen LogP contribution in [0.2, 0.25) is 10.0 Å². The minimum absolute atomic E-state index is 0.0211. The van der Waals surface area contributed by atoms with E-state index in [4.69, 9.17) is 42.3 Å². The summed E-state index contributed by atoms with van der Waals surface area (Å²) in [4.78, 5) is 16.7.